The van der Waals surface area contributed by atoms with E-state index in [1.165, 1.54) is 24.5 Å². The molecule has 0 saturated carbocycles. The van der Waals surface area contributed by atoms with Gasteiger partial charge in [-0.2, -0.15) is 17.5 Å². The van der Waals surface area contributed by atoms with Crippen molar-refractivity contribution in [1.29, 1.82) is 0 Å². The molecule has 24 heavy (non-hydrogen) atoms. The minimum absolute atomic E-state index is 0.199. The first-order chi connectivity index (χ1) is 11.2. The van der Waals surface area contributed by atoms with Gasteiger partial charge in [-0.25, -0.2) is 9.36 Å². The number of alkyl halides is 3. The summed E-state index contributed by atoms with van der Waals surface area (Å²) < 4.78 is 45.4. The van der Waals surface area contributed by atoms with Gasteiger partial charge in [0.25, 0.3) is 5.56 Å². The summed E-state index contributed by atoms with van der Waals surface area (Å²) in [5.41, 5.74) is -2.33. The van der Waals surface area contributed by atoms with Crippen LogP contribution in [0.1, 0.15) is 18.3 Å². The second-order valence-corrected chi connectivity index (χ2v) is 5.98. The number of nitrogens with zero attached hydrogens (tertiary/aromatic N) is 3. The smallest absolute Gasteiger partial charge is 0.289 e. The van der Waals surface area contributed by atoms with Gasteiger partial charge in [-0.15, -0.1) is 0 Å². The van der Waals surface area contributed by atoms with Crippen molar-refractivity contribution in [3.8, 4) is 5.69 Å². The second kappa shape index (κ2) is 5.59. The topological polar surface area (TPSA) is 56.9 Å². The van der Waals surface area contributed by atoms with E-state index in [4.69, 9.17) is 0 Å². The molecular weight excluding hydrogens is 343 g/mol. The van der Waals surface area contributed by atoms with Crippen LogP contribution in [0, 0.1) is 6.92 Å². The maximum Gasteiger partial charge on any atom is 0.431 e. The van der Waals surface area contributed by atoms with Gasteiger partial charge in [0.1, 0.15) is 5.69 Å². The number of rotatable bonds is 2. The van der Waals surface area contributed by atoms with Crippen LogP contribution < -0.4 is 11.2 Å². The lowest BCUT2D eigenvalue weighted by atomic mass is 10.2. The minimum atomic E-state index is -4.77. The Morgan fingerprint density at radius 2 is 1.92 bits per heavy atom. The molecule has 2 aromatic heterocycles. The molecule has 0 spiro atoms. The Hall–Kier alpha value is -2.42. The average Bonchev–Trinajstić information content (AvgIpc) is 2.87. The summed E-state index contributed by atoms with van der Waals surface area (Å²) in [6.07, 6.45) is -4.77. The number of hydrogen-bond donors (Lipinski definition) is 0. The molecule has 0 radical (unpaired) electrons. The maximum absolute atomic E-state index is 13.0. The Morgan fingerprint density at radius 3 is 2.54 bits per heavy atom. The molecule has 126 valence electrons. The molecular formula is C15H12F3N3O2S. The molecule has 2 heterocycles. The van der Waals surface area contributed by atoms with Crippen LogP contribution in [0.4, 0.5) is 13.2 Å². The monoisotopic (exact) mass is 355 g/mol. The van der Waals surface area contributed by atoms with E-state index in [2.05, 4.69) is 4.37 Å². The second-order valence-electron chi connectivity index (χ2n) is 5.18. The van der Waals surface area contributed by atoms with E-state index >= 15 is 0 Å². The normalized spacial score (nSPS) is 12.0. The van der Waals surface area contributed by atoms with Gasteiger partial charge in [-0.05, 0) is 43.6 Å². The van der Waals surface area contributed by atoms with Crippen molar-refractivity contribution in [2.45, 2.75) is 26.6 Å². The Morgan fingerprint density at radius 1 is 1.21 bits per heavy atom. The Labute approximate surface area is 137 Å². The standard InChI is InChI=1S/C15H12F3N3O2S/c1-3-20-12(15(16,17)18)7-13(22)21(14(20)23)9-4-5-11-10(6-9)8(2)19-24-11/h4-7H,3H2,1-2H3. The SMILES string of the molecule is CCn1c(C(F)(F)F)cc(=O)n(-c2ccc3snc(C)c3c2)c1=O. The zero-order chi connectivity index (χ0) is 17.6. The van der Waals surface area contributed by atoms with Crippen LogP contribution in [0.25, 0.3) is 15.8 Å². The van der Waals surface area contributed by atoms with E-state index in [-0.39, 0.29) is 12.2 Å². The van der Waals surface area contributed by atoms with E-state index in [0.29, 0.717) is 10.6 Å². The summed E-state index contributed by atoms with van der Waals surface area (Å²) in [4.78, 5) is 24.6. The highest BCUT2D eigenvalue weighted by atomic mass is 32.1. The quantitative estimate of drug-likeness (QED) is 0.710. The van der Waals surface area contributed by atoms with Crippen LogP contribution in [0.15, 0.2) is 33.9 Å². The van der Waals surface area contributed by atoms with Crippen LogP contribution in [0.3, 0.4) is 0 Å². The van der Waals surface area contributed by atoms with Crippen molar-refractivity contribution in [3.05, 3.63) is 56.5 Å². The van der Waals surface area contributed by atoms with E-state index in [0.717, 1.165) is 20.3 Å². The summed E-state index contributed by atoms with van der Waals surface area (Å²) in [7, 11) is 0. The lowest BCUT2D eigenvalue weighted by molar-refractivity contribution is -0.144. The van der Waals surface area contributed by atoms with Gasteiger partial charge < -0.3 is 0 Å². The number of hydrogen-bond acceptors (Lipinski definition) is 4. The molecule has 0 fully saturated rings. The van der Waals surface area contributed by atoms with Crippen molar-refractivity contribution in [2.75, 3.05) is 0 Å². The number of fused-ring (bicyclic) bond motifs is 1. The van der Waals surface area contributed by atoms with Gasteiger partial charge in [0.05, 0.1) is 16.1 Å². The number of aryl methyl sites for hydroxylation is 1. The van der Waals surface area contributed by atoms with Gasteiger partial charge in [-0.3, -0.25) is 9.36 Å². The molecule has 0 unspecified atom stereocenters. The van der Waals surface area contributed by atoms with Crippen LogP contribution >= 0.6 is 11.5 Å². The molecule has 0 aliphatic rings. The molecule has 3 rings (SSSR count). The fourth-order valence-electron chi connectivity index (χ4n) is 2.54. The first-order valence-corrected chi connectivity index (χ1v) is 7.82. The molecule has 0 N–H and O–H groups in total. The van der Waals surface area contributed by atoms with Crippen LogP contribution in [-0.4, -0.2) is 13.5 Å². The average molecular weight is 355 g/mol. The Bertz CT molecular complexity index is 1050. The van der Waals surface area contributed by atoms with E-state index < -0.39 is 23.1 Å². The first kappa shape index (κ1) is 16.4. The zero-order valence-corrected chi connectivity index (χ0v) is 13.5. The summed E-state index contributed by atoms with van der Waals surface area (Å²) in [5, 5.41) is 0.756. The highest BCUT2D eigenvalue weighted by molar-refractivity contribution is 7.13. The minimum Gasteiger partial charge on any atom is -0.289 e. The van der Waals surface area contributed by atoms with Crippen molar-refractivity contribution in [2.24, 2.45) is 0 Å². The van der Waals surface area contributed by atoms with Gasteiger partial charge in [0.15, 0.2) is 0 Å². The number of benzene rings is 1. The maximum atomic E-state index is 13.0. The lowest BCUT2D eigenvalue weighted by Gasteiger charge is -2.15. The molecule has 5 nitrogen and oxygen atoms in total. The third kappa shape index (κ3) is 2.54. The third-order valence-electron chi connectivity index (χ3n) is 3.69. The first-order valence-electron chi connectivity index (χ1n) is 7.04. The molecule has 0 aliphatic carbocycles. The molecule has 0 saturated heterocycles. The molecule has 0 aliphatic heterocycles. The molecule has 9 heteroatoms. The van der Waals surface area contributed by atoms with Gasteiger partial charge in [0, 0.05) is 18.0 Å². The Kier molecular flexibility index (Phi) is 3.83. The number of halogens is 3. The van der Waals surface area contributed by atoms with Gasteiger partial charge in [0.2, 0.25) is 0 Å². The lowest BCUT2D eigenvalue weighted by Crippen LogP contribution is -2.41. The predicted octanol–water partition coefficient (Wildman–Crippen LogP) is 2.96. The number of aromatic nitrogens is 3. The van der Waals surface area contributed by atoms with Crippen LogP contribution in [0.2, 0.25) is 0 Å². The predicted molar refractivity (Wildman–Crippen MR) is 84.9 cm³/mol. The van der Waals surface area contributed by atoms with Gasteiger partial charge >= 0.3 is 11.9 Å². The molecule has 0 bridgehead atoms. The molecule has 0 atom stereocenters. The summed E-state index contributed by atoms with van der Waals surface area (Å²) >= 11 is 1.27. The molecule has 1 aromatic carbocycles. The van der Waals surface area contributed by atoms with Crippen molar-refractivity contribution in [3.63, 3.8) is 0 Å². The fraction of sp³-hybridized carbons (Fsp3) is 0.267. The van der Waals surface area contributed by atoms with E-state index in [9.17, 15) is 22.8 Å². The van der Waals surface area contributed by atoms with Crippen LogP contribution in [-0.2, 0) is 12.7 Å². The fourth-order valence-corrected chi connectivity index (χ4v) is 3.31. The summed E-state index contributed by atoms with van der Waals surface area (Å²) in [5.74, 6) is 0. The zero-order valence-electron chi connectivity index (χ0n) is 12.7. The van der Waals surface area contributed by atoms with Gasteiger partial charge in [-0.1, -0.05) is 0 Å². The van der Waals surface area contributed by atoms with Crippen molar-refractivity contribution >= 4 is 21.6 Å². The Balaban J connectivity index is 2.33. The summed E-state index contributed by atoms with van der Waals surface area (Å²) in [6, 6.07) is 5.25. The molecule has 0 amide bonds. The van der Waals surface area contributed by atoms with E-state index in [1.54, 1.807) is 19.1 Å². The highest BCUT2D eigenvalue weighted by Gasteiger charge is 2.35. The van der Waals surface area contributed by atoms with Crippen molar-refractivity contribution < 1.29 is 13.2 Å². The van der Waals surface area contributed by atoms with E-state index in [1.807, 2.05) is 0 Å². The largest absolute Gasteiger partial charge is 0.431 e. The summed E-state index contributed by atoms with van der Waals surface area (Å²) in [6.45, 7) is 3.00. The van der Waals surface area contributed by atoms with Crippen LogP contribution in [0.5, 0.6) is 0 Å². The third-order valence-corrected chi connectivity index (χ3v) is 4.61. The van der Waals surface area contributed by atoms with Crippen molar-refractivity contribution in [1.82, 2.24) is 13.5 Å². The highest BCUT2D eigenvalue weighted by Crippen LogP contribution is 2.28. The molecule has 3 aromatic rings.